The number of fused-ring (bicyclic) bond motifs is 2. The number of nitrogens with zero attached hydrogens (tertiary/aromatic N) is 2. The summed E-state index contributed by atoms with van der Waals surface area (Å²) in [7, 11) is -2.27. The average Bonchev–Trinajstić information content (AvgIpc) is 3.52. The molecule has 5 rings (SSSR count). The van der Waals surface area contributed by atoms with Crippen LogP contribution in [0, 0.1) is 5.92 Å². The second-order valence-corrected chi connectivity index (χ2v) is 17.6. The molecule has 4 atom stereocenters. The monoisotopic (exact) mass is 718 g/mol. The Balaban J connectivity index is 1.50. The maximum Gasteiger partial charge on any atom is 0.305 e. The van der Waals surface area contributed by atoms with E-state index in [0.717, 1.165) is 5.56 Å². The Morgan fingerprint density at radius 1 is 1.08 bits per heavy atom. The third-order valence-electron chi connectivity index (χ3n) is 9.95. The third kappa shape index (κ3) is 8.00. The van der Waals surface area contributed by atoms with Gasteiger partial charge in [0, 0.05) is 60.0 Å². The van der Waals surface area contributed by atoms with Gasteiger partial charge in [-0.1, -0.05) is 37.3 Å². The molecule has 3 amide bonds. The van der Waals surface area contributed by atoms with Crippen LogP contribution in [0.1, 0.15) is 54.1 Å². The van der Waals surface area contributed by atoms with E-state index in [0.29, 0.717) is 41.0 Å². The Labute approximate surface area is 299 Å². The van der Waals surface area contributed by atoms with Crippen LogP contribution in [-0.2, 0) is 36.0 Å². The van der Waals surface area contributed by atoms with Gasteiger partial charge in [0.1, 0.15) is 0 Å². The number of amides is 3. The highest BCUT2D eigenvalue weighted by Crippen LogP contribution is 2.60. The van der Waals surface area contributed by atoms with Crippen molar-refractivity contribution < 1.29 is 37.9 Å². The van der Waals surface area contributed by atoms with Gasteiger partial charge in [0.05, 0.1) is 31.9 Å². The molecule has 0 aromatic heterocycles. The van der Waals surface area contributed by atoms with Gasteiger partial charge in [-0.05, 0) is 74.0 Å². The molecule has 1 saturated heterocycles. The molecule has 4 N–H and O–H groups in total. The predicted molar refractivity (Wildman–Crippen MR) is 195 cm³/mol. The second kappa shape index (κ2) is 15.7. The molecule has 2 aliphatic rings. The van der Waals surface area contributed by atoms with Crippen LogP contribution in [0.15, 0.2) is 72.8 Å². The fourth-order valence-electron chi connectivity index (χ4n) is 7.54. The van der Waals surface area contributed by atoms with E-state index in [4.69, 9.17) is 15.2 Å². The summed E-state index contributed by atoms with van der Waals surface area (Å²) in [5.74, 6) is -2.09. The number of anilines is 3. The van der Waals surface area contributed by atoms with Gasteiger partial charge >= 0.3 is 5.97 Å². The van der Waals surface area contributed by atoms with Gasteiger partial charge in [0.15, 0.2) is 5.60 Å². The normalized spacial score (nSPS) is 21.1. The number of benzene rings is 3. The van der Waals surface area contributed by atoms with Crippen LogP contribution in [-0.4, -0.2) is 75.0 Å². The molecule has 0 unspecified atom stereocenters. The molecule has 0 bridgehead atoms. The van der Waals surface area contributed by atoms with Crippen LogP contribution in [0.3, 0.4) is 0 Å². The van der Waals surface area contributed by atoms with Crippen LogP contribution in [0.25, 0.3) is 0 Å². The summed E-state index contributed by atoms with van der Waals surface area (Å²) in [5, 5.41) is 12.7. The third-order valence-corrected chi connectivity index (χ3v) is 12.4. The molecule has 51 heavy (non-hydrogen) atoms. The molecular weight excluding hydrogens is 672 g/mol. The van der Waals surface area contributed by atoms with E-state index in [1.165, 1.54) is 12.0 Å². The first-order valence-electron chi connectivity index (χ1n) is 17.3. The van der Waals surface area contributed by atoms with E-state index < -0.39 is 31.6 Å². The maximum atomic E-state index is 16.5. The number of halogens is 1. The lowest BCUT2D eigenvalue weighted by atomic mass is 9.82. The molecule has 2 heterocycles. The number of ether oxygens (including phenoxy) is 2. The molecule has 1 fully saturated rings. The fraction of sp³-hybridized carbons (Fsp3) is 0.421. The summed E-state index contributed by atoms with van der Waals surface area (Å²) in [5.41, 5.74) is 6.67. The summed E-state index contributed by atoms with van der Waals surface area (Å²) in [6, 6.07) is 21.0. The Morgan fingerprint density at radius 3 is 2.43 bits per heavy atom. The highest BCUT2D eigenvalue weighted by atomic mass is 28.4. The van der Waals surface area contributed by atoms with E-state index >= 15 is 4.11 Å². The minimum Gasteiger partial charge on any atom is -0.469 e. The molecule has 0 radical (unpaired) electrons. The minimum absolute atomic E-state index is 0.0838. The van der Waals surface area contributed by atoms with E-state index in [2.05, 4.69) is 5.32 Å². The zero-order chi connectivity index (χ0) is 36.9. The molecule has 0 aliphatic carbocycles. The zero-order valence-electron chi connectivity index (χ0n) is 29.6. The highest BCUT2D eigenvalue weighted by Gasteiger charge is 2.67. The number of esters is 1. The van der Waals surface area contributed by atoms with E-state index in [9.17, 15) is 24.3 Å². The summed E-state index contributed by atoms with van der Waals surface area (Å²) in [6.07, 6.45) is 0.0576. The Bertz CT molecular complexity index is 1740. The van der Waals surface area contributed by atoms with Gasteiger partial charge in [-0.15, -0.1) is 0 Å². The SMILES string of the molecule is COC(=O)CCCCN1C(=O)[C@]2(O[C@H](CC(=O)N(CCO)Cc3ccccc3)[C@@H]([Si](C)(C)F)[C@@H]2C)c2cc(NC(=O)c3ccc(N)cc3)ccc21. The van der Waals surface area contributed by atoms with Crippen LogP contribution in [0.5, 0.6) is 0 Å². The quantitative estimate of drug-likeness (QED) is 0.0660. The van der Waals surface area contributed by atoms with E-state index in [-0.39, 0.29) is 62.8 Å². The van der Waals surface area contributed by atoms with Crippen LogP contribution < -0.4 is 16.0 Å². The summed E-state index contributed by atoms with van der Waals surface area (Å²) in [4.78, 5) is 56.7. The molecule has 272 valence electrons. The van der Waals surface area contributed by atoms with Gasteiger partial charge in [-0.25, -0.2) is 0 Å². The topological polar surface area (TPSA) is 152 Å². The van der Waals surface area contributed by atoms with E-state index in [1.54, 1.807) is 67.4 Å². The highest BCUT2D eigenvalue weighted by molar-refractivity contribution is 6.72. The molecule has 2 aliphatic heterocycles. The minimum atomic E-state index is -3.59. The van der Waals surface area contributed by atoms with Crippen molar-refractivity contribution in [2.24, 2.45) is 5.92 Å². The van der Waals surface area contributed by atoms with Crippen LogP contribution >= 0.6 is 0 Å². The summed E-state index contributed by atoms with van der Waals surface area (Å²) in [6.45, 7) is 5.30. The first-order chi connectivity index (χ1) is 24.3. The lowest BCUT2D eigenvalue weighted by molar-refractivity contribution is -0.149. The number of nitrogens with one attached hydrogen (secondary N) is 1. The summed E-state index contributed by atoms with van der Waals surface area (Å²) < 4.78 is 28.0. The second-order valence-electron chi connectivity index (χ2n) is 13.8. The Morgan fingerprint density at radius 2 is 1.78 bits per heavy atom. The number of nitrogen functional groups attached to an aromatic ring is 1. The number of carbonyl (C=O) groups is 4. The Kier molecular flexibility index (Phi) is 11.6. The molecule has 1 spiro atoms. The fourth-order valence-corrected chi connectivity index (χ4v) is 10.0. The van der Waals surface area contributed by atoms with Crippen LogP contribution in [0.2, 0.25) is 18.6 Å². The number of rotatable bonds is 14. The lowest BCUT2D eigenvalue weighted by Gasteiger charge is -2.31. The Hall–Kier alpha value is -4.59. The van der Waals surface area contributed by atoms with Crippen molar-refractivity contribution in [2.45, 2.75) is 69.5 Å². The number of aliphatic hydroxyl groups is 1. The van der Waals surface area contributed by atoms with Gasteiger partial charge in [0.25, 0.3) is 11.8 Å². The van der Waals surface area contributed by atoms with Gasteiger partial charge < -0.3 is 39.5 Å². The first kappa shape index (κ1) is 37.7. The van der Waals surface area contributed by atoms with Gasteiger partial charge in [-0.2, -0.15) is 0 Å². The molecular formula is C38H47FN4O7Si. The molecule has 3 aromatic carbocycles. The van der Waals surface area contributed by atoms with Gasteiger partial charge in [0.2, 0.25) is 14.3 Å². The van der Waals surface area contributed by atoms with Crippen molar-refractivity contribution in [1.82, 2.24) is 4.90 Å². The number of unbranched alkanes of at least 4 members (excludes halogenated alkanes) is 1. The smallest absolute Gasteiger partial charge is 0.305 e. The summed E-state index contributed by atoms with van der Waals surface area (Å²) >= 11 is 0. The molecule has 0 saturated carbocycles. The molecule has 3 aromatic rings. The van der Waals surface area contributed by atoms with Crippen molar-refractivity contribution in [2.75, 3.05) is 42.8 Å². The number of aliphatic hydroxyl groups excluding tert-OH is 1. The van der Waals surface area contributed by atoms with E-state index in [1.807, 2.05) is 30.3 Å². The van der Waals surface area contributed by atoms with Crippen LogP contribution in [0.4, 0.5) is 21.2 Å². The van der Waals surface area contributed by atoms with Crippen molar-refractivity contribution >= 4 is 49.2 Å². The zero-order valence-corrected chi connectivity index (χ0v) is 30.6. The van der Waals surface area contributed by atoms with Crippen molar-refractivity contribution in [3.05, 3.63) is 89.5 Å². The number of hydrogen-bond acceptors (Lipinski definition) is 8. The van der Waals surface area contributed by atoms with Gasteiger partial charge in [-0.3, -0.25) is 19.2 Å². The molecule has 11 nitrogen and oxygen atoms in total. The standard InChI is InChI=1S/C38H47FN4O7Si/c1-25-35(51(3,4)39)32(23-33(45)42(20-21-44)24-26-10-6-5-7-11-26)50-38(25)30-22-29(41-36(47)27-13-15-28(40)16-14-27)17-18-31(30)43(37(38)48)19-9-8-12-34(46)49-2/h5-7,10-11,13-18,22,25,32,35,44H,8-9,12,19-21,23-24,40H2,1-4H3,(H,41,47)/t25-,32+,35-,38+/m0/s1. The molecule has 13 heteroatoms. The average molecular weight is 719 g/mol. The first-order valence-corrected chi connectivity index (χ1v) is 20.2. The lowest BCUT2D eigenvalue weighted by Crippen LogP contribution is -2.45. The number of carbonyl (C=O) groups excluding carboxylic acids is 4. The number of nitrogens with two attached hydrogens (primary N) is 1. The van der Waals surface area contributed by atoms with Crippen molar-refractivity contribution in [3.63, 3.8) is 0 Å². The predicted octanol–water partition coefficient (Wildman–Crippen LogP) is 5.40. The largest absolute Gasteiger partial charge is 0.469 e. The maximum absolute atomic E-state index is 16.5. The van der Waals surface area contributed by atoms with Crippen molar-refractivity contribution in [1.29, 1.82) is 0 Å². The van der Waals surface area contributed by atoms with Crippen molar-refractivity contribution in [3.8, 4) is 0 Å². The number of methoxy groups -OCH3 is 1. The number of hydrogen-bond donors (Lipinski definition) is 3.